The van der Waals surface area contributed by atoms with Crippen molar-refractivity contribution in [2.45, 2.75) is 46.2 Å². The van der Waals surface area contributed by atoms with E-state index in [-0.39, 0.29) is 16.9 Å². The van der Waals surface area contributed by atoms with Crippen LogP contribution in [-0.2, 0) is 9.53 Å². The maximum atomic E-state index is 12.3. The Morgan fingerprint density at radius 1 is 1.44 bits per heavy atom. The fourth-order valence-corrected chi connectivity index (χ4v) is 1.81. The molecule has 0 aromatic rings. The monoisotopic (exact) mass is 228 g/mol. The van der Waals surface area contributed by atoms with E-state index in [2.05, 4.69) is 0 Å². The number of amides is 1. The molecule has 1 rings (SSSR count). The second-order valence-electron chi connectivity index (χ2n) is 6.20. The van der Waals surface area contributed by atoms with Crippen molar-refractivity contribution >= 4 is 5.91 Å². The van der Waals surface area contributed by atoms with E-state index in [0.29, 0.717) is 19.8 Å². The molecular formula is C12H24N2O2. The summed E-state index contributed by atoms with van der Waals surface area (Å²) in [7, 11) is 0. The molecule has 4 heteroatoms. The summed E-state index contributed by atoms with van der Waals surface area (Å²) in [4.78, 5) is 14.2. The smallest absolute Gasteiger partial charge is 0.240 e. The van der Waals surface area contributed by atoms with Crippen molar-refractivity contribution in [1.29, 1.82) is 0 Å². The first-order valence-corrected chi connectivity index (χ1v) is 5.81. The summed E-state index contributed by atoms with van der Waals surface area (Å²) in [5, 5.41) is 0. The third-order valence-corrected chi connectivity index (χ3v) is 3.11. The Hall–Kier alpha value is -0.610. The Bertz CT molecular complexity index is 269. The number of nitrogens with two attached hydrogens (primary N) is 1. The van der Waals surface area contributed by atoms with Gasteiger partial charge in [0.15, 0.2) is 0 Å². The fraction of sp³-hybridized carbons (Fsp3) is 0.917. The molecule has 1 atom stereocenters. The standard InChI is InChI=1S/C12H24N2O2/c1-11(2,3)9(13)10(15)14-6-7-16-8-12(14,4)5/h9H,6-8,13H2,1-5H3/t9-/m1/s1. The molecule has 0 spiro atoms. The van der Waals surface area contributed by atoms with E-state index in [0.717, 1.165) is 0 Å². The average molecular weight is 228 g/mol. The Morgan fingerprint density at radius 3 is 2.44 bits per heavy atom. The number of hydrogen-bond acceptors (Lipinski definition) is 3. The highest BCUT2D eigenvalue weighted by Gasteiger charge is 2.39. The summed E-state index contributed by atoms with van der Waals surface area (Å²) >= 11 is 0. The van der Waals surface area contributed by atoms with Crippen LogP contribution in [0.1, 0.15) is 34.6 Å². The molecule has 1 amide bonds. The van der Waals surface area contributed by atoms with Gasteiger partial charge < -0.3 is 15.4 Å². The first kappa shape index (κ1) is 13.5. The van der Waals surface area contributed by atoms with Crippen LogP contribution >= 0.6 is 0 Å². The van der Waals surface area contributed by atoms with E-state index >= 15 is 0 Å². The molecule has 1 fully saturated rings. The maximum Gasteiger partial charge on any atom is 0.240 e. The number of ether oxygens (including phenoxy) is 1. The van der Waals surface area contributed by atoms with E-state index in [4.69, 9.17) is 10.5 Å². The molecule has 0 aliphatic carbocycles. The van der Waals surface area contributed by atoms with Gasteiger partial charge in [-0.15, -0.1) is 0 Å². The van der Waals surface area contributed by atoms with Gasteiger partial charge in [-0.3, -0.25) is 4.79 Å². The van der Waals surface area contributed by atoms with Crippen LogP contribution < -0.4 is 5.73 Å². The van der Waals surface area contributed by atoms with Gasteiger partial charge in [-0.1, -0.05) is 20.8 Å². The normalized spacial score (nSPS) is 23.0. The SMILES string of the molecule is CC(C)(C)[C@H](N)C(=O)N1CCOCC1(C)C. The molecule has 2 N–H and O–H groups in total. The Labute approximate surface area is 98.1 Å². The zero-order valence-electron chi connectivity index (χ0n) is 11.0. The van der Waals surface area contributed by atoms with E-state index in [9.17, 15) is 4.79 Å². The van der Waals surface area contributed by atoms with Gasteiger partial charge in [0.25, 0.3) is 0 Å². The minimum atomic E-state index is -0.454. The topological polar surface area (TPSA) is 55.6 Å². The van der Waals surface area contributed by atoms with Crippen LogP contribution in [0.25, 0.3) is 0 Å². The van der Waals surface area contributed by atoms with Crippen molar-refractivity contribution in [2.24, 2.45) is 11.1 Å². The zero-order valence-corrected chi connectivity index (χ0v) is 11.0. The molecule has 16 heavy (non-hydrogen) atoms. The van der Waals surface area contributed by atoms with Crippen LogP contribution in [0, 0.1) is 5.41 Å². The van der Waals surface area contributed by atoms with Crippen molar-refractivity contribution in [3.8, 4) is 0 Å². The van der Waals surface area contributed by atoms with Gasteiger partial charge in [-0.2, -0.15) is 0 Å². The number of carbonyl (C=O) groups is 1. The Balaban J connectivity index is 2.80. The molecule has 0 bridgehead atoms. The molecule has 0 aromatic heterocycles. The molecule has 1 saturated heterocycles. The van der Waals surface area contributed by atoms with Gasteiger partial charge in [0.1, 0.15) is 0 Å². The van der Waals surface area contributed by atoms with Crippen LogP contribution in [0.2, 0.25) is 0 Å². The highest BCUT2D eigenvalue weighted by atomic mass is 16.5. The quantitative estimate of drug-likeness (QED) is 0.728. The molecule has 1 aliphatic rings. The summed E-state index contributed by atoms with van der Waals surface area (Å²) < 4.78 is 5.40. The minimum Gasteiger partial charge on any atom is -0.377 e. The predicted octanol–water partition coefficient (Wildman–Crippen LogP) is 0.997. The van der Waals surface area contributed by atoms with Crippen LogP contribution in [0.5, 0.6) is 0 Å². The predicted molar refractivity (Wildman–Crippen MR) is 64.0 cm³/mol. The summed E-state index contributed by atoms with van der Waals surface area (Å²) in [6, 6.07) is -0.454. The van der Waals surface area contributed by atoms with E-state index in [1.54, 1.807) is 0 Å². The fourth-order valence-electron chi connectivity index (χ4n) is 1.81. The van der Waals surface area contributed by atoms with Crippen molar-refractivity contribution in [1.82, 2.24) is 4.90 Å². The van der Waals surface area contributed by atoms with Crippen molar-refractivity contribution in [3.63, 3.8) is 0 Å². The number of nitrogens with zero attached hydrogens (tertiary/aromatic N) is 1. The molecular weight excluding hydrogens is 204 g/mol. The van der Waals surface area contributed by atoms with Crippen LogP contribution in [0.3, 0.4) is 0 Å². The second-order valence-corrected chi connectivity index (χ2v) is 6.20. The lowest BCUT2D eigenvalue weighted by Crippen LogP contribution is -2.61. The van der Waals surface area contributed by atoms with E-state index < -0.39 is 6.04 Å². The molecule has 94 valence electrons. The molecule has 1 aliphatic heterocycles. The lowest BCUT2D eigenvalue weighted by atomic mass is 9.85. The zero-order chi connectivity index (χ0) is 12.6. The molecule has 0 radical (unpaired) electrons. The average Bonchev–Trinajstić information content (AvgIpc) is 2.13. The Morgan fingerprint density at radius 2 is 2.00 bits per heavy atom. The number of morpholine rings is 1. The molecule has 0 saturated carbocycles. The summed E-state index contributed by atoms with van der Waals surface area (Å²) in [6.07, 6.45) is 0. The molecule has 0 aromatic carbocycles. The summed E-state index contributed by atoms with van der Waals surface area (Å²) in [5.41, 5.74) is 5.56. The van der Waals surface area contributed by atoms with Crippen LogP contribution in [0.15, 0.2) is 0 Å². The summed E-state index contributed by atoms with van der Waals surface area (Å²) in [5.74, 6) is 0.0285. The van der Waals surface area contributed by atoms with Crippen LogP contribution in [-0.4, -0.2) is 42.1 Å². The Kier molecular flexibility index (Phi) is 3.65. The van der Waals surface area contributed by atoms with Gasteiger partial charge in [-0.25, -0.2) is 0 Å². The highest BCUT2D eigenvalue weighted by Crippen LogP contribution is 2.25. The number of hydrogen-bond donors (Lipinski definition) is 1. The number of rotatable bonds is 1. The first-order valence-electron chi connectivity index (χ1n) is 5.81. The van der Waals surface area contributed by atoms with Gasteiger partial charge >= 0.3 is 0 Å². The largest absolute Gasteiger partial charge is 0.377 e. The van der Waals surface area contributed by atoms with E-state index in [1.165, 1.54) is 0 Å². The van der Waals surface area contributed by atoms with Gasteiger partial charge in [0.05, 0.1) is 24.8 Å². The lowest BCUT2D eigenvalue weighted by Gasteiger charge is -2.44. The third kappa shape index (κ3) is 2.74. The highest BCUT2D eigenvalue weighted by molar-refractivity contribution is 5.83. The van der Waals surface area contributed by atoms with Crippen molar-refractivity contribution in [2.75, 3.05) is 19.8 Å². The van der Waals surface area contributed by atoms with Crippen molar-refractivity contribution < 1.29 is 9.53 Å². The first-order chi connectivity index (χ1) is 7.16. The molecule has 1 heterocycles. The van der Waals surface area contributed by atoms with Gasteiger partial charge in [0, 0.05) is 6.54 Å². The van der Waals surface area contributed by atoms with Gasteiger partial charge in [0.2, 0.25) is 5.91 Å². The van der Waals surface area contributed by atoms with Crippen molar-refractivity contribution in [3.05, 3.63) is 0 Å². The minimum absolute atomic E-state index is 0.0285. The molecule has 0 unspecified atom stereocenters. The molecule has 4 nitrogen and oxygen atoms in total. The third-order valence-electron chi connectivity index (χ3n) is 3.11. The number of carbonyl (C=O) groups excluding carboxylic acids is 1. The van der Waals surface area contributed by atoms with Crippen LogP contribution in [0.4, 0.5) is 0 Å². The maximum absolute atomic E-state index is 12.3. The van der Waals surface area contributed by atoms with Gasteiger partial charge in [-0.05, 0) is 19.3 Å². The second kappa shape index (κ2) is 4.34. The summed E-state index contributed by atoms with van der Waals surface area (Å²) in [6.45, 7) is 11.8. The lowest BCUT2D eigenvalue weighted by molar-refractivity contribution is -0.150. The van der Waals surface area contributed by atoms with E-state index in [1.807, 2.05) is 39.5 Å².